The molecule has 29 heavy (non-hydrogen) atoms. The van der Waals surface area contributed by atoms with E-state index in [1.807, 2.05) is 17.5 Å². The third kappa shape index (κ3) is 5.01. The minimum Gasteiger partial charge on any atom is -0.348 e. The van der Waals surface area contributed by atoms with Gasteiger partial charge in [0.15, 0.2) is 0 Å². The molecule has 1 fully saturated rings. The molecule has 0 bridgehead atoms. The highest BCUT2D eigenvalue weighted by molar-refractivity contribution is 7.09. The van der Waals surface area contributed by atoms with Gasteiger partial charge in [-0.1, -0.05) is 41.5 Å². The van der Waals surface area contributed by atoms with E-state index in [-0.39, 0.29) is 22.6 Å². The Balaban J connectivity index is 1.78. The number of carbonyl (C=O) groups excluding carboxylic acids is 2. The van der Waals surface area contributed by atoms with Crippen LogP contribution < -0.4 is 10.6 Å². The van der Waals surface area contributed by atoms with E-state index in [2.05, 4.69) is 57.2 Å². The van der Waals surface area contributed by atoms with Crippen LogP contribution in [0.1, 0.15) is 81.1 Å². The highest BCUT2D eigenvalue weighted by atomic mass is 32.1. The van der Waals surface area contributed by atoms with E-state index in [9.17, 15) is 9.59 Å². The van der Waals surface area contributed by atoms with Crippen LogP contribution in [0.25, 0.3) is 0 Å². The third-order valence-electron chi connectivity index (χ3n) is 5.05. The topological polar surface area (TPSA) is 84.0 Å². The maximum atomic E-state index is 13.1. The minimum atomic E-state index is -0.818. The molecule has 1 aliphatic carbocycles. The second-order valence-corrected chi connectivity index (χ2v) is 10.8. The van der Waals surface area contributed by atoms with Gasteiger partial charge in [-0.2, -0.15) is 0 Å². The average Bonchev–Trinajstić information content (AvgIpc) is 3.22. The van der Waals surface area contributed by atoms with Crippen molar-refractivity contribution in [3.63, 3.8) is 0 Å². The van der Waals surface area contributed by atoms with Crippen molar-refractivity contribution in [2.45, 2.75) is 77.3 Å². The molecule has 1 saturated carbocycles. The largest absolute Gasteiger partial charge is 0.348 e. The predicted octanol–water partition coefficient (Wildman–Crippen LogP) is 3.71. The van der Waals surface area contributed by atoms with Gasteiger partial charge in [0.25, 0.3) is 5.91 Å². The molecule has 2 aromatic heterocycles. The van der Waals surface area contributed by atoms with Crippen molar-refractivity contribution in [2.24, 2.45) is 0 Å². The lowest BCUT2D eigenvalue weighted by atomic mass is 9.86. The van der Waals surface area contributed by atoms with Gasteiger partial charge < -0.3 is 10.6 Å². The summed E-state index contributed by atoms with van der Waals surface area (Å²) in [6.07, 6.45) is 3.00. The van der Waals surface area contributed by atoms with E-state index in [4.69, 9.17) is 4.98 Å². The lowest BCUT2D eigenvalue weighted by Crippen LogP contribution is -2.48. The number of carbonyl (C=O) groups is 2. The average molecular weight is 415 g/mol. The molecule has 2 heterocycles. The van der Waals surface area contributed by atoms with Crippen LogP contribution in [0.2, 0.25) is 0 Å². The van der Waals surface area contributed by atoms with Gasteiger partial charge in [-0.25, -0.2) is 4.98 Å². The molecular formula is C22H30N4O2S. The molecule has 2 amide bonds. The number of nitrogens with one attached hydrogen (secondary N) is 2. The summed E-state index contributed by atoms with van der Waals surface area (Å²) in [5, 5.41) is 8.59. The first kappa shape index (κ1) is 21.4. The fourth-order valence-electron chi connectivity index (χ4n) is 2.92. The number of rotatable bonds is 5. The molecule has 0 aliphatic heterocycles. The van der Waals surface area contributed by atoms with Crippen molar-refractivity contribution in [1.29, 1.82) is 0 Å². The zero-order valence-electron chi connectivity index (χ0n) is 18.0. The zero-order valence-corrected chi connectivity index (χ0v) is 18.9. The molecule has 156 valence electrons. The van der Waals surface area contributed by atoms with Crippen molar-refractivity contribution < 1.29 is 9.59 Å². The quantitative estimate of drug-likeness (QED) is 0.781. The van der Waals surface area contributed by atoms with Crippen molar-refractivity contribution >= 4 is 23.2 Å². The number of hydrogen-bond donors (Lipinski definition) is 2. The molecule has 0 radical (unpaired) electrons. The lowest BCUT2D eigenvalue weighted by Gasteiger charge is -2.25. The standard InChI is InChI=1S/C22H30N4O2S/c1-20(2,3)15-11-14(12-16(25-15)21(4,5)6)18(27)26-22(7-8-22)19(28)24-13-17-23-9-10-29-17/h9-12H,7-8,13H2,1-6H3,(H,24,28)(H,26,27). The summed E-state index contributed by atoms with van der Waals surface area (Å²) in [7, 11) is 0. The number of pyridine rings is 1. The molecular weight excluding hydrogens is 384 g/mol. The maximum absolute atomic E-state index is 13.1. The molecule has 2 N–H and O–H groups in total. The highest BCUT2D eigenvalue weighted by Crippen LogP contribution is 2.36. The van der Waals surface area contributed by atoms with Crippen LogP contribution >= 0.6 is 11.3 Å². The van der Waals surface area contributed by atoms with Gasteiger partial charge in [0.2, 0.25) is 5.91 Å². The van der Waals surface area contributed by atoms with Crippen LogP contribution in [-0.4, -0.2) is 27.3 Å². The third-order valence-corrected chi connectivity index (χ3v) is 5.83. The Hall–Kier alpha value is -2.28. The van der Waals surface area contributed by atoms with Gasteiger partial charge in [0.05, 0.1) is 6.54 Å². The first-order valence-corrected chi connectivity index (χ1v) is 10.8. The lowest BCUT2D eigenvalue weighted by molar-refractivity contribution is -0.124. The van der Waals surface area contributed by atoms with E-state index in [0.717, 1.165) is 16.4 Å². The second-order valence-electron chi connectivity index (χ2n) is 9.77. The predicted molar refractivity (Wildman–Crippen MR) is 115 cm³/mol. The first-order chi connectivity index (χ1) is 13.4. The molecule has 3 rings (SSSR count). The van der Waals surface area contributed by atoms with E-state index in [1.54, 1.807) is 6.20 Å². The Kier molecular flexibility index (Phi) is 5.56. The molecule has 1 aliphatic rings. The molecule has 0 aromatic carbocycles. The number of hydrogen-bond acceptors (Lipinski definition) is 5. The first-order valence-electron chi connectivity index (χ1n) is 9.93. The van der Waals surface area contributed by atoms with Crippen molar-refractivity contribution in [3.05, 3.63) is 45.7 Å². The fourth-order valence-corrected chi connectivity index (χ4v) is 3.47. The summed E-state index contributed by atoms with van der Waals surface area (Å²) < 4.78 is 0. The van der Waals surface area contributed by atoms with E-state index in [0.29, 0.717) is 24.9 Å². The van der Waals surface area contributed by atoms with Gasteiger partial charge in [-0.05, 0) is 25.0 Å². The number of aromatic nitrogens is 2. The van der Waals surface area contributed by atoms with Crippen LogP contribution in [0.3, 0.4) is 0 Å². The second kappa shape index (κ2) is 7.52. The Bertz CT molecular complexity index is 872. The highest BCUT2D eigenvalue weighted by Gasteiger charge is 2.51. The number of amides is 2. The van der Waals surface area contributed by atoms with Gasteiger partial charge in [-0.15, -0.1) is 11.3 Å². The maximum Gasteiger partial charge on any atom is 0.252 e. The van der Waals surface area contributed by atoms with Crippen molar-refractivity contribution in [2.75, 3.05) is 0 Å². The minimum absolute atomic E-state index is 0.151. The van der Waals surface area contributed by atoms with Crippen LogP contribution in [-0.2, 0) is 22.2 Å². The fraction of sp³-hybridized carbons (Fsp3) is 0.545. The molecule has 2 aromatic rings. The molecule has 0 unspecified atom stereocenters. The van der Waals surface area contributed by atoms with Crippen LogP contribution in [0.4, 0.5) is 0 Å². The molecule has 7 heteroatoms. The molecule has 6 nitrogen and oxygen atoms in total. The van der Waals surface area contributed by atoms with E-state index < -0.39 is 5.54 Å². The van der Waals surface area contributed by atoms with Crippen molar-refractivity contribution in [1.82, 2.24) is 20.6 Å². The van der Waals surface area contributed by atoms with Gasteiger partial charge in [-0.3, -0.25) is 14.6 Å². The number of thiazole rings is 1. The molecule has 0 saturated heterocycles. The van der Waals surface area contributed by atoms with Gasteiger partial charge in [0, 0.05) is 39.4 Å². The van der Waals surface area contributed by atoms with Crippen LogP contribution in [0.5, 0.6) is 0 Å². The zero-order chi connectivity index (χ0) is 21.4. The summed E-state index contributed by atoms with van der Waals surface area (Å²) in [4.78, 5) is 34.7. The van der Waals surface area contributed by atoms with Crippen LogP contribution in [0.15, 0.2) is 23.7 Å². The SMILES string of the molecule is CC(C)(C)c1cc(C(=O)NC2(C(=O)NCc3nccs3)CC2)cc(C(C)(C)C)n1. The monoisotopic (exact) mass is 414 g/mol. The number of nitrogens with zero attached hydrogens (tertiary/aromatic N) is 2. The van der Waals surface area contributed by atoms with E-state index in [1.165, 1.54) is 11.3 Å². The smallest absolute Gasteiger partial charge is 0.252 e. The summed E-state index contributed by atoms with van der Waals surface area (Å²) in [6, 6.07) is 3.68. The van der Waals surface area contributed by atoms with E-state index >= 15 is 0 Å². The summed E-state index contributed by atoms with van der Waals surface area (Å²) in [5.74, 6) is -0.382. The normalized spacial score (nSPS) is 15.7. The van der Waals surface area contributed by atoms with Gasteiger partial charge >= 0.3 is 0 Å². The molecule has 0 spiro atoms. The van der Waals surface area contributed by atoms with Crippen molar-refractivity contribution in [3.8, 4) is 0 Å². The summed E-state index contributed by atoms with van der Waals surface area (Å²) in [5.41, 5.74) is 1.11. The Morgan fingerprint density at radius 2 is 1.66 bits per heavy atom. The summed E-state index contributed by atoms with van der Waals surface area (Å²) >= 11 is 1.49. The Morgan fingerprint density at radius 3 is 2.10 bits per heavy atom. The Labute approximate surface area is 176 Å². The van der Waals surface area contributed by atoms with Gasteiger partial charge in [0.1, 0.15) is 10.5 Å². The Morgan fingerprint density at radius 1 is 1.07 bits per heavy atom. The summed E-state index contributed by atoms with van der Waals surface area (Å²) in [6.45, 7) is 12.9. The molecule has 0 atom stereocenters. The van der Waals surface area contributed by atoms with Crippen LogP contribution in [0, 0.1) is 0 Å².